The summed E-state index contributed by atoms with van der Waals surface area (Å²) in [6.45, 7) is 2.57. The first kappa shape index (κ1) is 22.0. The lowest BCUT2D eigenvalue weighted by molar-refractivity contribution is -0.114. The van der Waals surface area contributed by atoms with E-state index in [0.717, 1.165) is 0 Å². The Bertz CT molecular complexity index is 1050. The van der Waals surface area contributed by atoms with Crippen LogP contribution in [0.3, 0.4) is 0 Å². The number of benzene rings is 2. The maximum absolute atomic E-state index is 12.8. The number of carbonyl (C=O) groups excluding carboxylic acids is 2. The van der Waals surface area contributed by atoms with Crippen molar-refractivity contribution in [2.24, 2.45) is 0 Å². The molecule has 1 heterocycles. The molecule has 0 radical (unpaired) electrons. The molecule has 160 valence electrons. The van der Waals surface area contributed by atoms with Crippen molar-refractivity contribution in [1.82, 2.24) is 4.31 Å². The lowest BCUT2D eigenvalue weighted by Gasteiger charge is -2.26. The van der Waals surface area contributed by atoms with Crippen molar-refractivity contribution in [3.63, 3.8) is 0 Å². The number of nitrogens with one attached hydrogen (secondary N) is 3. The molecule has 2 aromatic carbocycles. The average molecular weight is 453 g/mol. The van der Waals surface area contributed by atoms with Crippen molar-refractivity contribution in [3.8, 4) is 0 Å². The van der Waals surface area contributed by atoms with E-state index in [1.807, 2.05) is 0 Å². The molecule has 1 aliphatic rings. The molecule has 3 N–H and O–H groups in total. The molecule has 3 amide bonds. The van der Waals surface area contributed by atoms with Crippen LogP contribution in [-0.2, 0) is 19.6 Å². The Morgan fingerprint density at radius 1 is 1.00 bits per heavy atom. The Hall–Kier alpha value is -2.66. The van der Waals surface area contributed by atoms with E-state index in [4.69, 9.17) is 16.3 Å². The number of anilines is 3. The van der Waals surface area contributed by atoms with Crippen molar-refractivity contribution >= 4 is 50.6 Å². The van der Waals surface area contributed by atoms with Gasteiger partial charge in [-0.25, -0.2) is 13.2 Å². The third-order valence-corrected chi connectivity index (χ3v) is 6.46. The molecule has 0 bridgehead atoms. The van der Waals surface area contributed by atoms with E-state index in [2.05, 4.69) is 16.0 Å². The highest BCUT2D eigenvalue weighted by molar-refractivity contribution is 7.89. The van der Waals surface area contributed by atoms with Crippen LogP contribution in [0.5, 0.6) is 0 Å². The lowest BCUT2D eigenvalue weighted by Crippen LogP contribution is -2.40. The van der Waals surface area contributed by atoms with Crippen molar-refractivity contribution < 1.29 is 22.7 Å². The summed E-state index contributed by atoms with van der Waals surface area (Å²) in [5.41, 5.74) is 1.12. The second-order valence-electron chi connectivity index (χ2n) is 6.50. The summed E-state index contributed by atoms with van der Waals surface area (Å²) in [7, 11) is -3.73. The van der Waals surface area contributed by atoms with Gasteiger partial charge >= 0.3 is 6.03 Å². The number of morpholine rings is 1. The van der Waals surface area contributed by atoms with E-state index in [-0.39, 0.29) is 34.6 Å². The quantitative estimate of drug-likeness (QED) is 0.644. The molecule has 1 aliphatic heterocycles. The van der Waals surface area contributed by atoms with Crippen molar-refractivity contribution in [3.05, 3.63) is 47.5 Å². The molecule has 0 aromatic heterocycles. The number of halogens is 1. The van der Waals surface area contributed by atoms with Crippen LogP contribution in [0.2, 0.25) is 5.02 Å². The molecule has 2 aromatic rings. The van der Waals surface area contributed by atoms with E-state index in [1.165, 1.54) is 29.4 Å². The molecule has 0 spiro atoms. The summed E-state index contributed by atoms with van der Waals surface area (Å²) in [5.74, 6) is -0.235. The number of carbonyl (C=O) groups is 2. The molecule has 30 heavy (non-hydrogen) atoms. The number of urea groups is 1. The number of amides is 3. The van der Waals surface area contributed by atoms with Gasteiger partial charge in [0.05, 0.1) is 28.8 Å². The van der Waals surface area contributed by atoms with Crippen LogP contribution in [0.15, 0.2) is 47.4 Å². The second-order valence-corrected chi connectivity index (χ2v) is 8.84. The summed E-state index contributed by atoms with van der Waals surface area (Å²) >= 11 is 6.14. The molecule has 0 saturated carbocycles. The minimum Gasteiger partial charge on any atom is -0.379 e. The zero-order chi connectivity index (χ0) is 21.7. The van der Waals surface area contributed by atoms with Crippen molar-refractivity contribution in [2.45, 2.75) is 11.8 Å². The van der Waals surface area contributed by atoms with E-state index >= 15 is 0 Å². The van der Waals surface area contributed by atoms with E-state index < -0.39 is 16.1 Å². The zero-order valence-electron chi connectivity index (χ0n) is 16.1. The fourth-order valence-electron chi connectivity index (χ4n) is 2.86. The fourth-order valence-corrected chi connectivity index (χ4v) is 4.46. The van der Waals surface area contributed by atoms with E-state index in [0.29, 0.717) is 24.6 Å². The van der Waals surface area contributed by atoms with Gasteiger partial charge in [-0.05, 0) is 36.4 Å². The smallest absolute Gasteiger partial charge is 0.323 e. The minimum absolute atomic E-state index is 0.0248. The largest absolute Gasteiger partial charge is 0.379 e. The van der Waals surface area contributed by atoms with E-state index in [1.54, 1.807) is 24.3 Å². The highest BCUT2D eigenvalue weighted by atomic mass is 35.5. The predicted octanol–water partition coefficient (Wildman–Crippen LogP) is 2.96. The standard InChI is InChI=1S/C19H21ClN4O5S/c1-13(25)21-14-3-2-4-15(11-14)22-19(26)23-18-12-16(5-6-17(18)20)30(27,28)24-7-9-29-10-8-24/h2-6,11-12H,7-10H2,1H3,(H,21,25)(H2,22,23,26). The lowest BCUT2D eigenvalue weighted by atomic mass is 10.2. The van der Waals surface area contributed by atoms with Gasteiger partial charge in [-0.2, -0.15) is 4.31 Å². The van der Waals surface area contributed by atoms with Crippen LogP contribution in [0, 0.1) is 0 Å². The summed E-state index contributed by atoms with van der Waals surface area (Å²) in [5, 5.41) is 7.99. The first-order valence-corrected chi connectivity index (χ1v) is 10.9. The summed E-state index contributed by atoms with van der Waals surface area (Å²) < 4.78 is 32.2. The molecule has 3 rings (SSSR count). The first-order valence-electron chi connectivity index (χ1n) is 9.09. The maximum atomic E-state index is 12.8. The van der Waals surface area contributed by atoms with Crippen LogP contribution in [0.4, 0.5) is 21.9 Å². The Morgan fingerprint density at radius 3 is 2.33 bits per heavy atom. The van der Waals surface area contributed by atoms with Crippen LogP contribution in [0.1, 0.15) is 6.92 Å². The topological polar surface area (TPSA) is 117 Å². The van der Waals surface area contributed by atoms with Crippen LogP contribution >= 0.6 is 11.6 Å². The van der Waals surface area contributed by atoms with Gasteiger partial charge < -0.3 is 20.7 Å². The molecule has 1 saturated heterocycles. The third kappa shape index (κ3) is 5.48. The molecule has 11 heteroatoms. The molecular formula is C19H21ClN4O5S. The number of sulfonamides is 1. The number of hydrogen-bond donors (Lipinski definition) is 3. The third-order valence-electron chi connectivity index (χ3n) is 4.23. The Balaban J connectivity index is 1.74. The van der Waals surface area contributed by atoms with Crippen molar-refractivity contribution in [2.75, 3.05) is 42.3 Å². The van der Waals surface area contributed by atoms with Gasteiger partial charge in [-0.3, -0.25) is 4.79 Å². The zero-order valence-corrected chi connectivity index (χ0v) is 17.7. The maximum Gasteiger partial charge on any atom is 0.323 e. The van der Waals surface area contributed by atoms with Crippen LogP contribution in [0.25, 0.3) is 0 Å². The molecular weight excluding hydrogens is 432 g/mol. The van der Waals surface area contributed by atoms with Gasteiger partial charge in [0, 0.05) is 31.4 Å². The van der Waals surface area contributed by atoms with Gasteiger partial charge in [0.1, 0.15) is 0 Å². The normalized spacial score (nSPS) is 14.7. The molecule has 0 aliphatic carbocycles. The highest BCUT2D eigenvalue weighted by Crippen LogP contribution is 2.27. The van der Waals surface area contributed by atoms with Gasteiger partial charge in [0.15, 0.2) is 0 Å². The van der Waals surface area contributed by atoms with Gasteiger partial charge in [-0.15, -0.1) is 0 Å². The van der Waals surface area contributed by atoms with Crippen LogP contribution < -0.4 is 16.0 Å². The van der Waals surface area contributed by atoms with Gasteiger partial charge in [0.2, 0.25) is 15.9 Å². The summed E-state index contributed by atoms with van der Waals surface area (Å²) in [6, 6.07) is 10.1. The predicted molar refractivity (Wildman–Crippen MR) is 114 cm³/mol. The highest BCUT2D eigenvalue weighted by Gasteiger charge is 2.27. The number of rotatable bonds is 5. The van der Waals surface area contributed by atoms with Gasteiger partial charge in [0.25, 0.3) is 0 Å². The van der Waals surface area contributed by atoms with Crippen molar-refractivity contribution in [1.29, 1.82) is 0 Å². The first-order chi connectivity index (χ1) is 14.3. The fraction of sp³-hybridized carbons (Fsp3) is 0.263. The molecule has 1 fully saturated rings. The SMILES string of the molecule is CC(=O)Nc1cccc(NC(=O)Nc2cc(S(=O)(=O)N3CCOCC3)ccc2Cl)c1. The monoisotopic (exact) mass is 452 g/mol. The van der Waals surface area contributed by atoms with Crippen LogP contribution in [-0.4, -0.2) is 51.0 Å². The average Bonchev–Trinajstić information content (AvgIpc) is 2.70. The second kappa shape index (κ2) is 9.43. The Morgan fingerprint density at radius 2 is 1.67 bits per heavy atom. The van der Waals surface area contributed by atoms with Gasteiger partial charge in [-0.1, -0.05) is 17.7 Å². The minimum atomic E-state index is -3.73. The Labute approximate surface area is 179 Å². The summed E-state index contributed by atoms with van der Waals surface area (Å²) in [6.07, 6.45) is 0. The summed E-state index contributed by atoms with van der Waals surface area (Å²) in [4.78, 5) is 23.6. The number of ether oxygens (including phenoxy) is 1. The number of hydrogen-bond acceptors (Lipinski definition) is 5. The van der Waals surface area contributed by atoms with E-state index in [9.17, 15) is 18.0 Å². The molecule has 9 nitrogen and oxygen atoms in total. The molecule has 0 atom stereocenters. The Kier molecular flexibility index (Phi) is 6.93. The number of nitrogens with zero attached hydrogens (tertiary/aromatic N) is 1. The molecule has 0 unspecified atom stereocenters.